The Morgan fingerprint density at radius 1 is 1.43 bits per heavy atom. The second-order valence-electron chi connectivity index (χ2n) is 6.61. The summed E-state index contributed by atoms with van der Waals surface area (Å²) in [6, 6.07) is 6.97. The van der Waals surface area contributed by atoms with Crippen LogP contribution < -0.4 is 10.2 Å². The number of ether oxygens (including phenoxy) is 1. The molecule has 1 atom stereocenters. The van der Waals surface area contributed by atoms with E-state index in [1.54, 1.807) is 0 Å². The lowest BCUT2D eigenvalue weighted by molar-refractivity contribution is -0.00468. The van der Waals surface area contributed by atoms with Gasteiger partial charge in [0.1, 0.15) is 0 Å². The van der Waals surface area contributed by atoms with E-state index in [4.69, 9.17) is 16.3 Å². The van der Waals surface area contributed by atoms with Crippen molar-refractivity contribution in [3.05, 3.63) is 28.8 Å². The second kappa shape index (κ2) is 6.15. The van der Waals surface area contributed by atoms with Crippen LogP contribution in [0.3, 0.4) is 0 Å². The van der Waals surface area contributed by atoms with E-state index in [0.717, 1.165) is 31.1 Å². The van der Waals surface area contributed by atoms with Crippen LogP contribution in [0.1, 0.15) is 38.2 Å². The number of hydrogen-bond donors (Lipinski definition) is 1. The van der Waals surface area contributed by atoms with E-state index in [9.17, 15) is 0 Å². The number of anilines is 1. The molecule has 0 amide bonds. The van der Waals surface area contributed by atoms with E-state index in [1.165, 1.54) is 30.5 Å². The zero-order valence-corrected chi connectivity index (χ0v) is 13.7. The first-order valence-corrected chi connectivity index (χ1v) is 8.29. The highest BCUT2D eigenvalue weighted by atomic mass is 35.5. The van der Waals surface area contributed by atoms with Gasteiger partial charge < -0.3 is 15.0 Å². The van der Waals surface area contributed by atoms with Crippen LogP contribution in [0.15, 0.2) is 18.2 Å². The molecule has 1 heterocycles. The summed E-state index contributed by atoms with van der Waals surface area (Å²) in [5.41, 5.74) is 2.56. The first-order valence-electron chi connectivity index (χ1n) is 7.91. The van der Waals surface area contributed by atoms with E-state index >= 15 is 0 Å². The third-order valence-electron chi connectivity index (χ3n) is 4.69. The third kappa shape index (κ3) is 3.71. The summed E-state index contributed by atoms with van der Waals surface area (Å²) in [7, 11) is 1.82. The summed E-state index contributed by atoms with van der Waals surface area (Å²) < 4.78 is 5.72. The molecule has 2 fully saturated rings. The Balaban J connectivity index is 1.79. The highest BCUT2D eigenvalue weighted by Crippen LogP contribution is 2.32. The molecule has 1 unspecified atom stereocenters. The molecule has 1 N–H and O–H groups in total. The molecule has 1 aromatic carbocycles. The van der Waals surface area contributed by atoms with Gasteiger partial charge in [-0.15, -0.1) is 0 Å². The van der Waals surface area contributed by atoms with Crippen molar-refractivity contribution in [3.8, 4) is 0 Å². The first-order chi connectivity index (χ1) is 10.1. The van der Waals surface area contributed by atoms with Crippen molar-refractivity contribution in [2.24, 2.45) is 0 Å². The van der Waals surface area contributed by atoms with Crippen LogP contribution >= 0.6 is 11.6 Å². The lowest BCUT2D eigenvalue weighted by Crippen LogP contribution is -2.47. The van der Waals surface area contributed by atoms with E-state index < -0.39 is 0 Å². The van der Waals surface area contributed by atoms with Crippen LogP contribution in [-0.2, 0) is 11.3 Å². The molecule has 0 radical (unpaired) electrons. The fraction of sp³-hybridized carbons (Fsp3) is 0.647. The van der Waals surface area contributed by atoms with Crippen LogP contribution in [0, 0.1) is 0 Å². The zero-order chi connectivity index (χ0) is 14.9. The Kier molecular flexibility index (Phi) is 4.43. The van der Waals surface area contributed by atoms with Crippen LogP contribution in [0.4, 0.5) is 5.69 Å². The molecule has 4 heteroatoms. The molecule has 0 aromatic heterocycles. The Morgan fingerprint density at radius 3 is 2.95 bits per heavy atom. The van der Waals surface area contributed by atoms with Crippen LogP contribution in [0.5, 0.6) is 0 Å². The van der Waals surface area contributed by atoms with E-state index in [-0.39, 0.29) is 5.60 Å². The highest BCUT2D eigenvalue weighted by molar-refractivity contribution is 6.30. The standard InChI is InChI=1S/C17H25ClN2O/c1-17(21-2)8-3-9-20(12-17)16-7-4-14(18)10-13(16)11-19-15-5-6-15/h4,7,10,15,19H,3,5-6,8-9,11-12H2,1-2H3. The minimum Gasteiger partial charge on any atom is -0.377 e. The van der Waals surface area contributed by atoms with Crippen LogP contribution in [0.2, 0.25) is 5.02 Å². The molecule has 3 nitrogen and oxygen atoms in total. The van der Waals surface area contributed by atoms with Crippen molar-refractivity contribution in [3.63, 3.8) is 0 Å². The number of hydrogen-bond acceptors (Lipinski definition) is 3. The fourth-order valence-electron chi connectivity index (χ4n) is 3.12. The predicted molar refractivity (Wildman–Crippen MR) is 88.2 cm³/mol. The van der Waals surface area contributed by atoms with Gasteiger partial charge in [0.25, 0.3) is 0 Å². The molecule has 21 heavy (non-hydrogen) atoms. The summed E-state index contributed by atoms with van der Waals surface area (Å²) >= 11 is 6.20. The van der Waals surface area contributed by atoms with E-state index in [1.807, 2.05) is 13.2 Å². The number of rotatable bonds is 5. The number of methoxy groups -OCH3 is 1. The van der Waals surface area contributed by atoms with Crippen molar-refractivity contribution in [2.75, 3.05) is 25.1 Å². The van der Waals surface area contributed by atoms with Crippen LogP contribution in [0.25, 0.3) is 0 Å². The number of benzene rings is 1. The summed E-state index contributed by atoms with van der Waals surface area (Å²) in [6.45, 7) is 5.15. The maximum Gasteiger partial charge on any atom is 0.0825 e. The van der Waals surface area contributed by atoms with Gasteiger partial charge in [-0.05, 0) is 56.4 Å². The largest absolute Gasteiger partial charge is 0.377 e. The highest BCUT2D eigenvalue weighted by Gasteiger charge is 2.31. The average molecular weight is 309 g/mol. The van der Waals surface area contributed by atoms with Crippen molar-refractivity contribution >= 4 is 17.3 Å². The minimum atomic E-state index is -0.0426. The average Bonchev–Trinajstić information content (AvgIpc) is 3.29. The summed E-state index contributed by atoms with van der Waals surface area (Å²) in [5.74, 6) is 0. The molecule has 1 saturated carbocycles. The third-order valence-corrected chi connectivity index (χ3v) is 4.93. The summed E-state index contributed by atoms with van der Waals surface area (Å²) in [4.78, 5) is 2.45. The maximum absolute atomic E-state index is 6.20. The molecule has 1 aliphatic carbocycles. The maximum atomic E-state index is 6.20. The molecule has 3 rings (SSSR count). The van der Waals surface area contributed by atoms with Gasteiger partial charge in [0.05, 0.1) is 5.60 Å². The van der Waals surface area contributed by atoms with E-state index in [0.29, 0.717) is 6.04 Å². The van der Waals surface area contributed by atoms with Gasteiger partial charge >= 0.3 is 0 Å². The SMILES string of the molecule is COC1(C)CCCN(c2ccc(Cl)cc2CNC2CC2)C1. The molecule has 0 bridgehead atoms. The molecular formula is C17H25ClN2O. The van der Waals surface area contributed by atoms with Gasteiger partial charge in [-0.3, -0.25) is 0 Å². The molecular weight excluding hydrogens is 284 g/mol. The molecule has 1 aromatic rings. The van der Waals surface area contributed by atoms with E-state index in [2.05, 4.69) is 29.3 Å². The monoisotopic (exact) mass is 308 g/mol. The molecule has 1 saturated heterocycles. The van der Waals surface area contributed by atoms with Gasteiger partial charge in [-0.25, -0.2) is 0 Å². The Labute approximate surface area is 132 Å². The Hall–Kier alpha value is -0.770. The summed E-state index contributed by atoms with van der Waals surface area (Å²) in [5, 5.41) is 4.42. The zero-order valence-electron chi connectivity index (χ0n) is 13.0. The van der Waals surface area contributed by atoms with Gasteiger partial charge in [0.2, 0.25) is 0 Å². The first kappa shape index (κ1) is 15.1. The quantitative estimate of drug-likeness (QED) is 0.899. The number of halogens is 1. The Morgan fingerprint density at radius 2 is 2.24 bits per heavy atom. The summed E-state index contributed by atoms with van der Waals surface area (Å²) in [6.07, 6.45) is 4.91. The van der Waals surface area contributed by atoms with Gasteiger partial charge in [-0.2, -0.15) is 0 Å². The lowest BCUT2D eigenvalue weighted by Gasteiger charge is -2.41. The lowest BCUT2D eigenvalue weighted by atomic mass is 9.94. The fourth-order valence-corrected chi connectivity index (χ4v) is 3.32. The van der Waals surface area contributed by atoms with Crippen molar-refractivity contribution < 1.29 is 4.74 Å². The topological polar surface area (TPSA) is 24.5 Å². The van der Waals surface area contributed by atoms with Gasteiger partial charge in [-0.1, -0.05) is 11.6 Å². The number of piperidine rings is 1. The number of nitrogens with zero attached hydrogens (tertiary/aromatic N) is 1. The van der Waals surface area contributed by atoms with Gasteiger partial charge in [0.15, 0.2) is 0 Å². The second-order valence-corrected chi connectivity index (χ2v) is 7.04. The number of nitrogens with one attached hydrogen (secondary N) is 1. The normalized spacial score (nSPS) is 26.1. The van der Waals surface area contributed by atoms with Crippen LogP contribution in [-0.4, -0.2) is 31.8 Å². The Bertz CT molecular complexity index is 504. The van der Waals surface area contributed by atoms with Crippen molar-refractivity contribution in [1.29, 1.82) is 0 Å². The minimum absolute atomic E-state index is 0.0426. The van der Waals surface area contributed by atoms with Crippen molar-refractivity contribution in [1.82, 2.24) is 5.32 Å². The molecule has 116 valence electrons. The predicted octanol–water partition coefficient (Wildman–Crippen LogP) is 3.60. The van der Waals surface area contributed by atoms with Crippen molar-refractivity contribution in [2.45, 2.75) is 50.8 Å². The molecule has 1 aliphatic heterocycles. The smallest absolute Gasteiger partial charge is 0.0825 e. The van der Waals surface area contributed by atoms with Gasteiger partial charge in [0, 0.05) is 43.5 Å². The molecule has 0 spiro atoms. The molecule has 2 aliphatic rings.